The average Bonchev–Trinajstić information content (AvgIpc) is 3.09. The number of rotatable bonds is 4. The largest absolute Gasteiger partial charge is 0.508 e. The number of H-pyrrole nitrogens is 1. The molecule has 6 nitrogen and oxygen atoms in total. The summed E-state index contributed by atoms with van der Waals surface area (Å²) in [5.41, 5.74) is 4.11. The fourth-order valence-corrected chi connectivity index (χ4v) is 5.69. The number of aromatic hydroxyl groups is 1. The molecule has 0 spiro atoms. The van der Waals surface area contributed by atoms with Crippen LogP contribution in [-0.4, -0.2) is 39.5 Å². The number of aromatic nitrogens is 1. The van der Waals surface area contributed by atoms with Crippen LogP contribution in [0.2, 0.25) is 0 Å². The zero-order valence-corrected chi connectivity index (χ0v) is 16.8. The molecule has 2 N–H and O–H groups in total. The van der Waals surface area contributed by atoms with Crippen molar-refractivity contribution in [2.24, 2.45) is 5.92 Å². The van der Waals surface area contributed by atoms with Gasteiger partial charge in [-0.1, -0.05) is 30.3 Å². The lowest BCUT2D eigenvalue weighted by Crippen LogP contribution is -2.53. The second kappa shape index (κ2) is 6.99. The first-order chi connectivity index (χ1) is 14.5. The molecule has 30 heavy (non-hydrogen) atoms. The van der Waals surface area contributed by atoms with Crippen LogP contribution in [0.1, 0.15) is 23.2 Å². The standard InChI is InChI=1S/C24H25N3O3/c1-2-10-26-11-9-24(16-5-3-6-18(28)12-16)14-21-20(13-17(24)15-26)19-7-4-8-22(27(29)30)23(19)25-21/h2-8,12,17,25,28H,1,9-11,13-15H2. The maximum absolute atomic E-state index is 11.6. The highest BCUT2D eigenvalue weighted by atomic mass is 16.6. The van der Waals surface area contributed by atoms with Gasteiger partial charge in [0.1, 0.15) is 11.3 Å². The number of nitrogens with zero attached hydrogens (tertiary/aromatic N) is 2. The maximum atomic E-state index is 11.6. The molecule has 154 valence electrons. The van der Waals surface area contributed by atoms with E-state index in [4.69, 9.17) is 0 Å². The molecular weight excluding hydrogens is 378 g/mol. The fourth-order valence-electron chi connectivity index (χ4n) is 5.69. The average molecular weight is 403 g/mol. The van der Waals surface area contributed by atoms with Crippen LogP contribution < -0.4 is 0 Å². The van der Waals surface area contributed by atoms with E-state index in [1.54, 1.807) is 18.2 Å². The number of para-hydroxylation sites is 1. The van der Waals surface area contributed by atoms with Gasteiger partial charge in [-0.05, 0) is 55.0 Å². The molecule has 1 saturated heterocycles. The Kier molecular flexibility index (Phi) is 4.40. The van der Waals surface area contributed by atoms with Crippen molar-refractivity contribution in [1.29, 1.82) is 0 Å². The van der Waals surface area contributed by atoms with E-state index < -0.39 is 0 Å². The SMILES string of the molecule is C=CCN1CCC2(c3cccc(O)c3)Cc3[nH]c4c([N+](=O)[O-])cccc4c3CC2C1. The van der Waals surface area contributed by atoms with E-state index in [0.717, 1.165) is 55.5 Å². The zero-order chi connectivity index (χ0) is 20.9. The minimum Gasteiger partial charge on any atom is -0.508 e. The van der Waals surface area contributed by atoms with Crippen LogP contribution in [0.3, 0.4) is 0 Å². The van der Waals surface area contributed by atoms with Gasteiger partial charge in [-0.15, -0.1) is 6.58 Å². The molecule has 0 radical (unpaired) electrons. The number of hydrogen-bond donors (Lipinski definition) is 2. The van der Waals surface area contributed by atoms with Crippen LogP contribution in [0.4, 0.5) is 5.69 Å². The van der Waals surface area contributed by atoms with Crippen molar-refractivity contribution < 1.29 is 10.0 Å². The number of phenols is 1. The summed E-state index contributed by atoms with van der Waals surface area (Å²) in [6.07, 6.45) is 4.58. The monoisotopic (exact) mass is 403 g/mol. The number of piperidine rings is 1. The molecule has 2 heterocycles. The van der Waals surface area contributed by atoms with Gasteiger partial charge in [0, 0.05) is 35.7 Å². The third kappa shape index (κ3) is 2.82. The summed E-state index contributed by atoms with van der Waals surface area (Å²) < 4.78 is 0. The zero-order valence-electron chi connectivity index (χ0n) is 16.8. The number of nitrogens with one attached hydrogen (secondary N) is 1. The number of fused-ring (bicyclic) bond motifs is 4. The summed E-state index contributed by atoms with van der Waals surface area (Å²) in [4.78, 5) is 17.1. The van der Waals surface area contributed by atoms with Crippen LogP contribution >= 0.6 is 0 Å². The molecule has 6 heteroatoms. The predicted octanol–water partition coefficient (Wildman–Crippen LogP) is 4.33. The van der Waals surface area contributed by atoms with E-state index in [1.807, 2.05) is 24.3 Å². The second-order valence-corrected chi connectivity index (χ2v) is 8.62. The first-order valence-corrected chi connectivity index (χ1v) is 10.4. The lowest BCUT2D eigenvalue weighted by atomic mass is 9.58. The summed E-state index contributed by atoms with van der Waals surface area (Å²) in [6.45, 7) is 6.67. The predicted molar refractivity (Wildman–Crippen MR) is 117 cm³/mol. The molecule has 1 fully saturated rings. The highest BCUT2D eigenvalue weighted by molar-refractivity contribution is 5.92. The highest BCUT2D eigenvalue weighted by Gasteiger charge is 2.48. The van der Waals surface area contributed by atoms with Gasteiger partial charge in [0.25, 0.3) is 5.69 Å². The molecular formula is C24H25N3O3. The van der Waals surface area contributed by atoms with E-state index in [0.29, 0.717) is 11.4 Å². The van der Waals surface area contributed by atoms with Gasteiger partial charge in [0.15, 0.2) is 0 Å². The van der Waals surface area contributed by atoms with Gasteiger partial charge in [0.05, 0.1) is 4.92 Å². The third-order valence-corrected chi connectivity index (χ3v) is 7.09. The quantitative estimate of drug-likeness (QED) is 0.386. The van der Waals surface area contributed by atoms with Crippen LogP contribution in [0, 0.1) is 16.0 Å². The summed E-state index contributed by atoms with van der Waals surface area (Å²) in [7, 11) is 0. The molecule has 2 aromatic carbocycles. The summed E-state index contributed by atoms with van der Waals surface area (Å²) >= 11 is 0. The van der Waals surface area contributed by atoms with Crippen molar-refractivity contribution in [2.45, 2.75) is 24.7 Å². The smallest absolute Gasteiger partial charge is 0.293 e. The van der Waals surface area contributed by atoms with E-state index in [2.05, 4.69) is 22.5 Å². The van der Waals surface area contributed by atoms with Gasteiger partial charge in [0.2, 0.25) is 0 Å². The van der Waals surface area contributed by atoms with Gasteiger partial charge < -0.3 is 10.1 Å². The van der Waals surface area contributed by atoms with Crippen molar-refractivity contribution >= 4 is 16.6 Å². The Bertz CT molecular complexity index is 1150. The Labute approximate surface area is 175 Å². The number of likely N-dealkylation sites (tertiary alicyclic amines) is 1. The molecule has 0 bridgehead atoms. The number of benzene rings is 2. The fraction of sp³-hybridized carbons (Fsp3) is 0.333. The minimum absolute atomic E-state index is 0.0981. The number of nitro groups is 1. The van der Waals surface area contributed by atoms with E-state index >= 15 is 0 Å². The lowest BCUT2D eigenvalue weighted by Gasteiger charge is -2.51. The molecule has 2 atom stereocenters. The first kappa shape index (κ1) is 18.9. The number of nitro benzene ring substituents is 1. The Balaban J connectivity index is 1.66. The van der Waals surface area contributed by atoms with Crippen LogP contribution in [0.15, 0.2) is 55.1 Å². The maximum Gasteiger partial charge on any atom is 0.293 e. The Hall–Kier alpha value is -3.12. The molecule has 1 aliphatic carbocycles. The molecule has 1 aliphatic heterocycles. The number of hydrogen-bond acceptors (Lipinski definition) is 4. The van der Waals surface area contributed by atoms with E-state index in [1.165, 1.54) is 5.56 Å². The summed E-state index contributed by atoms with van der Waals surface area (Å²) in [5, 5.41) is 22.7. The molecule has 3 aromatic rings. The Morgan fingerprint density at radius 1 is 1.33 bits per heavy atom. The van der Waals surface area contributed by atoms with Gasteiger partial charge in [-0.2, -0.15) is 0 Å². The lowest BCUT2D eigenvalue weighted by molar-refractivity contribution is -0.383. The second-order valence-electron chi connectivity index (χ2n) is 8.62. The van der Waals surface area contributed by atoms with Gasteiger partial charge in [-0.25, -0.2) is 0 Å². The van der Waals surface area contributed by atoms with E-state index in [9.17, 15) is 15.2 Å². The molecule has 5 rings (SSSR count). The topological polar surface area (TPSA) is 82.4 Å². The molecule has 1 aromatic heterocycles. The summed E-state index contributed by atoms with van der Waals surface area (Å²) in [5.74, 6) is 0.644. The van der Waals surface area contributed by atoms with Crippen molar-refractivity contribution in [3.63, 3.8) is 0 Å². The summed E-state index contributed by atoms with van der Waals surface area (Å²) in [6, 6.07) is 13.0. The van der Waals surface area contributed by atoms with Gasteiger partial charge >= 0.3 is 0 Å². The minimum atomic E-state index is -0.311. The van der Waals surface area contributed by atoms with Crippen molar-refractivity contribution in [3.8, 4) is 5.75 Å². The van der Waals surface area contributed by atoms with Gasteiger partial charge in [-0.3, -0.25) is 15.0 Å². The molecule has 0 amide bonds. The van der Waals surface area contributed by atoms with Crippen LogP contribution in [0.25, 0.3) is 10.9 Å². The molecule has 2 unspecified atom stereocenters. The van der Waals surface area contributed by atoms with Crippen molar-refractivity contribution in [2.75, 3.05) is 19.6 Å². The Morgan fingerprint density at radius 2 is 2.17 bits per heavy atom. The first-order valence-electron chi connectivity index (χ1n) is 10.4. The van der Waals surface area contributed by atoms with Crippen molar-refractivity contribution in [3.05, 3.63) is 82.1 Å². The Morgan fingerprint density at radius 3 is 2.93 bits per heavy atom. The van der Waals surface area contributed by atoms with E-state index in [-0.39, 0.29) is 21.8 Å². The number of non-ortho nitro benzene ring substituents is 1. The molecule has 2 aliphatic rings. The normalized spacial score (nSPS) is 23.7. The highest BCUT2D eigenvalue weighted by Crippen LogP contribution is 2.50. The number of aromatic amines is 1. The molecule has 0 saturated carbocycles. The van der Waals surface area contributed by atoms with Crippen LogP contribution in [-0.2, 0) is 18.3 Å². The third-order valence-electron chi connectivity index (χ3n) is 7.09. The van der Waals surface area contributed by atoms with Crippen molar-refractivity contribution in [1.82, 2.24) is 9.88 Å². The van der Waals surface area contributed by atoms with Crippen LogP contribution in [0.5, 0.6) is 5.75 Å². The number of phenolic OH excluding ortho intramolecular Hbond substituents is 1.